The second-order valence-corrected chi connectivity index (χ2v) is 8.16. The quantitative estimate of drug-likeness (QED) is 0.777. The Balaban J connectivity index is 1.46. The lowest BCUT2D eigenvalue weighted by Crippen LogP contribution is -2.53. The number of nitrogens with two attached hydrogens (primary N) is 1. The van der Waals surface area contributed by atoms with Gasteiger partial charge in [-0.05, 0) is 81.0 Å². The molecule has 138 valence electrons. The third kappa shape index (κ3) is 4.35. The van der Waals surface area contributed by atoms with Gasteiger partial charge in [0.15, 0.2) is 0 Å². The number of hydrogen-bond donors (Lipinski definition) is 2. The third-order valence-electron chi connectivity index (χ3n) is 6.19. The van der Waals surface area contributed by atoms with Gasteiger partial charge in [0.05, 0.1) is 5.54 Å². The van der Waals surface area contributed by atoms with E-state index >= 15 is 0 Å². The molecule has 0 atom stereocenters. The monoisotopic (exact) mass is 366 g/mol. The van der Waals surface area contributed by atoms with E-state index < -0.39 is 5.54 Å². The molecule has 0 bridgehead atoms. The predicted molar refractivity (Wildman–Crippen MR) is 99.1 cm³/mol. The lowest BCUT2D eigenvalue weighted by atomic mass is 9.77. The summed E-state index contributed by atoms with van der Waals surface area (Å²) in [5, 5.41) is 4.01. The Hall–Kier alpha value is -1.13. The summed E-state index contributed by atoms with van der Waals surface area (Å²) in [5.74, 6) is 0.641. The molecule has 2 aliphatic rings. The maximum atomic E-state index is 13.2. The van der Waals surface area contributed by atoms with Gasteiger partial charge in [-0.15, -0.1) is 0 Å². The number of primary amides is 1. The van der Waals surface area contributed by atoms with Gasteiger partial charge < -0.3 is 11.1 Å². The van der Waals surface area contributed by atoms with Crippen LogP contribution in [0.3, 0.4) is 0 Å². The molecule has 3 nitrogen and oxygen atoms in total. The summed E-state index contributed by atoms with van der Waals surface area (Å²) in [7, 11) is 0. The van der Waals surface area contributed by atoms with Crippen molar-refractivity contribution in [3.05, 3.63) is 34.6 Å². The Morgan fingerprint density at radius 2 is 1.92 bits per heavy atom. The molecule has 0 radical (unpaired) electrons. The maximum absolute atomic E-state index is 13.2. The second kappa shape index (κ2) is 8.05. The first-order chi connectivity index (χ1) is 12.0. The second-order valence-electron chi connectivity index (χ2n) is 7.75. The Morgan fingerprint density at radius 3 is 2.52 bits per heavy atom. The van der Waals surface area contributed by atoms with E-state index in [2.05, 4.69) is 5.32 Å². The highest BCUT2D eigenvalue weighted by atomic mass is 35.5. The lowest BCUT2D eigenvalue weighted by Gasteiger charge is -2.31. The Bertz CT molecular complexity index is 608. The van der Waals surface area contributed by atoms with Gasteiger partial charge in [0.25, 0.3) is 0 Å². The predicted octanol–water partition coefficient (Wildman–Crippen LogP) is 4.53. The van der Waals surface area contributed by atoms with Crippen molar-refractivity contribution < 1.29 is 9.18 Å². The SMILES string of the molecule is NC(=O)C1(NCCC2CCC(c3ccc(F)cc3Cl)CC2)CCCC1. The Morgan fingerprint density at radius 1 is 1.24 bits per heavy atom. The zero-order valence-corrected chi connectivity index (χ0v) is 15.5. The number of benzene rings is 1. The fraction of sp³-hybridized carbons (Fsp3) is 0.650. The van der Waals surface area contributed by atoms with Crippen LogP contribution in [0, 0.1) is 11.7 Å². The number of amides is 1. The molecule has 1 amide bonds. The summed E-state index contributed by atoms with van der Waals surface area (Å²) < 4.78 is 13.2. The number of halogens is 2. The molecule has 2 fully saturated rings. The summed E-state index contributed by atoms with van der Waals surface area (Å²) in [6.07, 6.45) is 9.50. The van der Waals surface area contributed by atoms with E-state index in [1.54, 1.807) is 0 Å². The van der Waals surface area contributed by atoms with Crippen LogP contribution in [0.25, 0.3) is 0 Å². The summed E-state index contributed by atoms with van der Waals surface area (Å²) in [5.41, 5.74) is 6.24. The molecule has 0 saturated heterocycles. The molecule has 3 N–H and O–H groups in total. The number of rotatable bonds is 6. The first kappa shape index (κ1) is 18.7. The minimum absolute atomic E-state index is 0.195. The zero-order chi connectivity index (χ0) is 17.9. The van der Waals surface area contributed by atoms with Crippen molar-refractivity contribution in [2.24, 2.45) is 11.7 Å². The normalized spacial score (nSPS) is 25.8. The van der Waals surface area contributed by atoms with Gasteiger partial charge >= 0.3 is 0 Å². The van der Waals surface area contributed by atoms with Crippen LogP contribution in [0.15, 0.2) is 18.2 Å². The molecule has 2 aliphatic carbocycles. The fourth-order valence-electron chi connectivity index (χ4n) is 4.60. The van der Waals surface area contributed by atoms with E-state index in [0.29, 0.717) is 16.9 Å². The summed E-state index contributed by atoms with van der Waals surface area (Å²) >= 11 is 6.21. The number of carbonyl (C=O) groups excluding carboxylic acids is 1. The van der Waals surface area contributed by atoms with Gasteiger partial charge in [0.1, 0.15) is 5.82 Å². The number of nitrogens with one attached hydrogen (secondary N) is 1. The van der Waals surface area contributed by atoms with Crippen LogP contribution in [0.1, 0.15) is 69.3 Å². The molecule has 0 aliphatic heterocycles. The van der Waals surface area contributed by atoms with Crippen molar-refractivity contribution in [3.63, 3.8) is 0 Å². The summed E-state index contributed by atoms with van der Waals surface area (Å²) in [6, 6.07) is 4.75. The van der Waals surface area contributed by atoms with Gasteiger partial charge in [0, 0.05) is 5.02 Å². The average molecular weight is 367 g/mol. The van der Waals surface area contributed by atoms with E-state index in [0.717, 1.165) is 69.9 Å². The molecule has 0 unspecified atom stereocenters. The Labute approximate surface area is 154 Å². The van der Waals surface area contributed by atoms with Crippen LogP contribution in [0.5, 0.6) is 0 Å². The highest BCUT2D eigenvalue weighted by molar-refractivity contribution is 6.31. The van der Waals surface area contributed by atoms with Crippen LogP contribution in [0.4, 0.5) is 4.39 Å². The van der Waals surface area contributed by atoms with E-state index in [1.165, 1.54) is 12.1 Å². The lowest BCUT2D eigenvalue weighted by molar-refractivity contribution is -0.124. The molecule has 2 saturated carbocycles. The van der Waals surface area contributed by atoms with E-state index in [-0.39, 0.29) is 11.7 Å². The third-order valence-corrected chi connectivity index (χ3v) is 6.52. The standard InChI is InChI=1S/C20H28ClFN2O/c21-18-13-16(22)7-8-17(18)15-5-3-14(4-6-15)9-12-24-20(19(23)25)10-1-2-11-20/h7-8,13-15,24H,1-6,9-12H2,(H2,23,25). The smallest absolute Gasteiger partial charge is 0.237 e. The molecular formula is C20H28ClFN2O. The maximum Gasteiger partial charge on any atom is 0.237 e. The minimum atomic E-state index is -0.459. The average Bonchev–Trinajstić information content (AvgIpc) is 3.06. The highest BCUT2D eigenvalue weighted by Gasteiger charge is 2.38. The van der Waals surface area contributed by atoms with Crippen molar-refractivity contribution in [3.8, 4) is 0 Å². The molecule has 0 spiro atoms. The zero-order valence-electron chi connectivity index (χ0n) is 14.7. The van der Waals surface area contributed by atoms with Crippen LogP contribution in [-0.4, -0.2) is 18.0 Å². The molecule has 0 aromatic heterocycles. The Kier molecular flexibility index (Phi) is 6.00. The first-order valence-electron chi connectivity index (χ1n) is 9.50. The topological polar surface area (TPSA) is 55.1 Å². The molecular weight excluding hydrogens is 339 g/mol. The minimum Gasteiger partial charge on any atom is -0.368 e. The van der Waals surface area contributed by atoms with E-state index in [1.807, 2.05) is 6.07 Å². The van der Waals surface area contributed by atoms with Crippen LogP contribution in [-0.2, 0) is 4.79 Å². The van der Waals surface area contributed by atoms with Crippen molar-refractivity contribution >= 4 is 17.5 Å². The van der Waals surface area contributed by atoms with Gasteiger partial charge in [-0.25, -0.2) is 4.39 Å². The van der Waals surface area contributed by atoms with Gasteiger partial charge in [-0.3, -0.25) is 4.79 Å². The van der Waals surface area contributed by atoms with E-state index in [4.69, 9.17) is 17.3 Å². The van der Waals surface area contributed by atoms with Crippen molar-refractivity contribution in [2.75, 3.05) is 6.54 Å². The molecule has 25 heavy (non-hydrogen) atoms. The van der Waals surface area contributed by atoms with E-state index in [9.17, 15) is 9.18 Å². The summed E-state index contributed by atoms with van der Waals surface area (Å²) in [6.45, 7) is 0.857. The van der Waals surface area contributed by atoms with Crippen LogP contribution in [0.2, 0.25) is 5.02 Å². The van der Waals surface area contributed by atoms with Gasteiger partial charge in [-0.1, -0.05) is 30.5 Å². The van der Waals surface area contributed by atoms with Gasteiger partial charge in [-0.2, -0.15) is 0 Å². The molecule has 1 aromatic carbocycles. The van der Waals surface area contributed by atoms with Gasteiger partial charge in [0.2, 0.25) is 5.91 Å². The number of carbonyl (C=O) groups is 1. The molecule has 0 heterocycles. The molecule has 1 aromatic rings. The van der Waals surface area contributed by atoms with Crippen LogP contribution < -0.4 is 11.1 Å². The molecule has 5 heteroatoms. The first-order valence-corrected chi connectivity index (χ1v) is 9.88. The van der Waals surface area contributed by atoms with Crippen LogP contribution >= 0.6 is 11.6 Å². The largest absolute Gasteiger partial charge is 0.368 e. The highest BCUT2D eigenvalue weighted by Crippen LogP contribution is 2.39. The molecule has 3 rings (SSSR count). The van der Waals surface area contributed by atoms with Crippen molar-refractivity contribution in [1.29, 1.82) is 0 Å². The summed E-state index contributed by atoms with van der Waals surface area (Å²) in [4.78, 5) is 11.8. The van der Waals surface area contributed by atoms with Crippen molar-refractivity contribution in [1.82, 2.24) is 5.32 Å². The van der Waals surface area contributed by atoms with Crippen molar-refractivity contribution in [2.45, 2.75) is 69.2 Å². The number of hydrogen-bond acceptors (Lipinski definition) is 2. The fourth-order valence-corrected chi connectivity index (χ4v) is 4.92.